The van der Waals surface area contributed by atoms with Crippen molar-refractivity contribution in [3.8, 4) is 11.5 Å². The lowest BCUT2D eigenvalue weighted by Gasteiger charge is -2.16. The highest BCUT2D eigenvalue weighted by Crippen LogP contribution is 2.33. The van der Waals surface area contributed by atoms with Crippen LogP contribution in [0.5, 0.6) is 11.5 Å². The monoisotopic (exact) mass is 285 g/mol. The Hall–Kier alpha value is -1.99. The van der Waals surface area contributed by atoms with Gasteiger partial charge in [0.05, 0.1) is 45.3 Å². The fraction of sp³-hybridized carbons (Fsp3) is 0.462. The predicted octanol–water partition coefficient (Wildman–Crippen LogP) is 0.255. The molecule has 1 aromatic carbocycles. The second kappa shape index (κ2) is 7.56. The molecule has 0 aliphatic carbocycles. The molecule has 0 saturated carbocycles. The van der Waals surface area contributed by atoms with Crippen molar-refractivity contribution in [3.63, 3.8) is 0 Å². The minimum Gasteiger partial charge on any atom is -0.493 e. The Morgan fingerprint density at radius 1 is 1.25 bits per heavy atom. The topological polar surface area (TPSA) is 97.3 Å². The molecular formula is C13H19NO6. The fourth-order valence-electron chi connectivity index (χ4n) is 1.60. The van der Waals surface area contributed by atoms with Gasteiger partial charge in [-0.15, -0.1) is 0 Å². The number of benzene rings is 1. The van der Waals surface area contributed by atoms with E-state index in [2.05, 4.69) is 5.32 Å². The number of carbonyl (C=O) groups excluding carboxylic acids is 1. The Balaban J connectivity index is 3.13. The maximum absolute atomic E-state index is 11.7. The first kappa shape index (κ1) is 16.1. The summed E-state index contributed by atoms with van der Waals surface area (Å²) in [6.45, 7) is -0.302. The molecule has 0 spiro atoms. The Morgan fingerprint density at radius 3 is 2.35 bits per heavy atom. The molecule has 0 aliphatic rings. The number of methoxy groups -OCH3 is 3. The molecule has 7 heteroatoms. The van der Waals surface area contributed by atoms with Crippen LogP contribution in [0.4, 0.5) is 5.69 Å². The first-order valence-electron chi connectivity index (χ1n) is 5.94. The van der Waals surface area contributed by atoms with Gasteiger partial charge in [0.25, 0.3) is 0 Å². The van der Waals surface area contributed by atoms with Crippen molar-refractivity contribution in [1.82, 2.24) is 0 Å². The van der Waals surface area contributed by atoms with Gasteiger partial charge in [-0.3, -0.25) is 0 Å². The summed E-state index contributed by atoms with van der Waals surface area (Å²) >= 11 is 0. The van der Waals surface area contributed by atoms with Gasteiger partial charge in [0.15, 0.2) is 11.5 Å². The van der Waals surface area contributed by atoms with Crippen LogP contribution in [0.25, 0.3) is 0 Å². The van der Waals surface area contributed by atoms with Gasteiger partial charge in [-0.1, -0.05) is 0 Å². The normalized spacial score (nSPS) is 11.7. The Kier molecular flexibility index (Phi) is 6.08. The lowest BCUT2D eigenvalue weighted by Crippen LogP contribution is -2.24. The summed E-state index contributed by atoms with van der Waals surface area (Å²) in [5.41, 5.74) is 0.664. The zero-order valence-corrected chi connectivity index (χ0v) is 11.7. The highest BCUT2D eigenvalue weighted by atomic mass is 16.5. The number of hydrogen-bond acceptors (Lipinski definition) is 7. The van der Waals surface area contributed by atoms with Crippen molar-refractivity contribution >= 4 is 11.7 Å². The average Bonchev–Trinajstić information content (AvgIpc) is 2.50. The lowest BCUT2D eigenvalue weighted by molar-refractivity contribution is 0.0601. The summed E-state index contributed by atoms with van der Waals surface area (Å²) in [5, 5.41) is 21.0. The van der Waals surface area contributed by atoms with E-state index in [1.807, 2.05) is 0 Å². The van der Waals surface area contributed by atoms with E-state index in [0.717, 1.165) is 0 Å². The first-order chi connectivity index (χ1) is 9.57. The third-order valence-electron chi connectivity index (χ3n) is 2.67. The van der Waals surface area contributed by atoms with Crippen molar-refractivity contribution in [2.75, 3.05) is 39.8 Å². The SMILES string of the molecule is COC(=O)c1cc(OC)c(OC)cc1NCC(O)CO. The van der Waals surface area contributed by atoms with Gasteiger partial charge in [0.2, 0.25) is 0 Å². The molecule has 0 saturated heterocycles. The van der Waals surface area contributed by atoms with E-state index in [-0.39, 0.29) is 18.7 Å². The molecule has 0 fully saturated rings. The predicted molar refractivity (Wildman–Crippen MR) is 72.5 cm³/mol. The molecule has 7 nitrogen and oxygen atoms in total. The van der Waals surface area contributed by atoms with Crippen molar-refractivity contribution in [3.05, 3.63) is 17.7 Å². The Labute approximate surface area is 117 Å². The molecule has 20 heavy (non-hydrogen) atoms. The number of rotatable bonds is 7. The zero-order valence-electron chi connectivity index (χ0n) is 11.7. The van der Waals surface area contributed by atoms with E-state index in [1.165, 1.54) is 27.4 Å². The molecule has 0 amide bonds. The number of aliphatic hydroxyl groups excluding tert-OH is 2. The smallest absolute Gasteiger partial charge is 0.340 e. The Morgan fingerprint density at radius 2 is 1.85 bits per heavy atom. The highest BCUT2D eigenvalue weighted by molar-refractivity contribution is 5.96. The Bertz CT molecular complexity index is 462. The van der Waals surface area contributed by atoms with Crippen LogP contribution in [-0.2, 0) is 4.74 Å². The number of ether oxygens (including phenoxy) is 3. The van der Waals surface area contributed by atoms with Gasteiger partial charge in [-0.25, -0.2) is 4.79 Å². The number of anilines is 1. The zero-order chi connectivity index (χ0) is 15.1. The van der Waals surface area contributed by atoms with Gasteiger partial charge >= 0.3 is 5.97 Å². The van der Waals surface area contributed by atoms with E-state index in [4.69, 9.17) is 19.3 Å². The van der Waals surface area contributed by atoms with Crippen LogP contribution >= 0.6 is 0 Å². The molecule has 3 N–H and O–H groups in total. The van der Waals surface area contributed by atoms with Crippen molar-refractivity contribution in [1.29, 1.82) is 0 Å². The van der Waals surface area contributed by atoms with E-state index < -0.39 is 12.1 Å². The van der Waals surface area contributed by atoms with Crippen molar-refractivity contribution < 1.29 is 29.2 Å². The fourth-order valence-corrected chi connectivity index (χ4v) is 1.60. The summed E-state index contributed by atoms with van der Waals surface area (Å²) in [7, 11) is 4.20. The van der Waals surface area contributed by atoms with Gasteiger partial charge in [-0.2, -0.15) is 0 Å². The molecule has 1 rings (SSSR count). The number of esters is 1. The molecule has 0 bridgehead atoms. The number of aliphatic hydroxyl groups is 2. The second-order valence-electron chi connectivity index (χ2n) is 3.96. The van der Waals surface area contributed by atoms with Crippen LogP contribution in [-0.4, -0.2) is 56.8 Å². The van der Waals surface area contributed by atoms with Crippen molar-refractivity contribution in [2.45, 2.75) is 6.10 Å². The molecule has 0 heterocycles. The van der Waals surface area contributed by atoms with Crippen molar-refractivity contribution in [2.24, 2.45) is 0 Å². The third-order valence-corrected chi connectivity index (χ3v) is 2.67. The average molecular weight is 285 g/mol. The quantitative estimate of drug-likeness (QED) is 0.618. The number of nitrogens with one attached hydrogen (secondary N) is 1. The molecular weight excluding hydrogens is 266 g/mol. The molecule has 1 atom stereocenters. The van der Waals surface area contributed by atoms with E-state index in [0.29, 0.717) is 17.2 Å². The second-order valence-corrected chi connectivity index (χ2v) is 3.96. The van der Waals surface area contributed by atoms with Crippen LogP contribution in [0.3, 0.4) is 0 Å². The molecule has 1 aromatic rings. The van der Waals surface area contributed by atoms with E-state index in [1.54, 1.807) is 6.07 Å². The van der Waals surface area contributed by atoms with Gasteiger partial charge < -0.3 is 29.7 Å². The largest absolute Gasteiger partial charge is 0.493 e. The molecule has 1 unspecified atom stereocenters. The van der Waals surface area contributed by atoms with Crippen LogP contribution in [0.15, 0.2) is 12.1 Å². The molecule has 0 aromatic heterocycles. The minimum atomic E-state index is -0.936. The number of hydrogen-bond donors (Lipinski definition) is 3. The van der Waals surface area contributed by atoms with Crippen LogP contribution in [0.2, 0.25) is 0 Å². The summed E-state index contributed by atoms with van der Waals surface area (Å²) < 4.78 is 15.0. The van der Waals surface area contributed by atoms with Gasteiger partial charge in [0, 0.05) is 18.7 Å². The molecule has 0 aliphatic heterocycles. The number of carbonyl (C=O) groups is 1. The van der Waals surface area contributed by atoms with E-state index >= 15 is 0 Å². The minimum absolute atomic E-state index is 0.0793. The molecule has 112 valence electrons. The lowest BCUT2D eigenvalue weighted by atomic mass is 10.1. The van der Waals surface area contributed by atoms with Crippen LogP contribution < -0.4 is 14.8 Å². The van der Waals surface area contributed by atoms with E-state index in [9.17, 15) is 9.90 Å². The summed E-state index contributed by atoms with van der Waals surface area (Å²) in [6.07, 6.45) is -0.936. The summed E-state index contributed by atoms with van der Waals surface area (Å²) in [4.78, 5) is 11.7. The van der Waals surface area contributed by atoms with Crippen LogP contribution in [0.1, 0.15) is 10.4 Å². The molecule has 0 radical (unpaired) electrons. The summed E-state index contributed by atoms with van der Waals surface area (Å²) in [6, 6.07) is 3.05. The first-order valence-corrected chi connectivity index (χ1v) is 5.94. The van der Waals surface area contributed by atoms with Crippen LogP contribution in [0, 0.1) is 0 Å². The highest BCUT2D eigenvalue weighted by Gasteiger charge is 2.17. The standard InChI is InChI=1S/C13H19NO6/c1-18-11-4-9(13(17)20-3)10(5-12(11)19-2)14-6-8(16)7-15/h4-5,8,14-16H,6-7H2,1-3H3. The van der Waals surface area contributed by atoms with Gasteiger partial charge in [-0.05, 0) is 0 Å². The summed E-state index contributed by atoms with van der Waals surface area (Å²) in [5.74, 6) is 0.272. The maximum atomic E-state index is 11.7. The third kappa shape index (κ3) is 3.75. The maximum Gasteiger partial charge on any atom is 0.340 e. The van der Waals surface area contributed by atoms with Gasteiger partial charge in [0.1, 0.15) is 0 Å².